The van der Waals surface area contributed by atoms with Crippen LogP contribution in [0.2, 0.25) is 0 Å². The van der Waals surface area contributed by atoms with Gasteiger partial charge in [-0.15, -0.1) is 0 Å². The Morgan fingerprint density at radius 2 is 1.82 bits per heavy atom. The predicted octanol–water partition coefficient (Wildman–Crippen LogP) is 0.829. The molecule has 5 nitrogen and oxygen atoms in total. The largest absolute Gasteiger partial charge is 0.370 e. The molecule has 1 aromatic rings. The molecule has 1 heterocycles. The molecule has 0 spiro atoms. The van der Waals surface area contributed by atoms with Gasteiger partial charge in [0.15, 0.2) is 12.1 Å². The number of nitrogens with zero attached hydrogens (tertiary/aromatic N) is 3. The smallest absolute Gasteiger partial charge is 0.202 e. The highest BCUT2D eigenvalue weighted by Crippen LogP contribution is 2.21. The normalized spacial score (nSPS) is 19.1. The zero-order valence-electron chi connectivity index (χ0n) is 10.3. The summed E-state index contributed by atoms with van der Waals surface area (Å²) in [6.45, 7) is 2.05. The third kappa shape index (κ3) is 2.55. The van der Waals surface area contributed by atoms with Gasteiger partial charge in [-0.1, -0.05) is 29.8 Å². The van der Waals surface area contributed by atoms with Crippen LogP contribution in [-0.2, 0) is 0 Å². The zero-order chi connectivity index (χ0) is 12.4. The van der Waals surface area contributed by atoms with E-state index in [1.807, 2.05) is 43.3 Å². The van der Waals surface area contributed by atoms with Gasteiger partial charge in [-0.25, -0.2) is 9.98 Å². The summed E-state index contributed by atoms with van der Waals surface area (Å²) >= 11 is 0. The van der Waals surface area contributed by atoms with Crippen LogP contribution in [0, 0.1) is 6.92 Å². The van der Waals surface area contributed by atoms with Crippen LogP contribution in [-0.4, -0.2) is 30.9 Å². The molecule has 0 aliphatic carbocycles. The van der Waals surface area contributed by atoms with Crippen molar-refractivity contribution >= 4 is 11.9 Å². The Labute approximate surface area is 101 Å². The van der Waals surface area contributed by atoms with Crippen LogP contribution in [0.15, 0.2) is 34.3 Å². The van der Waals surface area contributed by atoms with Gasteiger partial charge < -0.3 is 10.6 Å². The van der Waals surface area contributed by atoms with Crippen LogP contribution in [0.4, 0.5) is 0 Å². The molecule has 3 N–H and O–H groups in total. The lowest BCUT2D eigenvalue weighted by Gasteiger charge is -2.23. The summed E-state index contributed by atoms with van der Waals surface area (Å²) in [5.41, 5.74) is 8.01. The van der Waals surface area contributed by atoms with E-state index in [1.54, 1.807) is 0 Å². The maximum Gasteiger partial charge on any atom is 0.202 e. The van der Waals surface area contributed by atoms with Crippen LogP contribution in [0.3, 0.4) is 0 Å². The number of aliphatic imine (C=N–C) groups is 2. The van der Waals surface area contributed by atoms with E-state index in [-0.39, 0.29) is 6.17 Å². The van der Waals surface area contributed by atoms with Gasteiger partial charge >= 0.3 is 0 Å². The van der Waals surface area contributed by atoms with Gasteiger partial charge in [-0.2, -0.15) is 0 Å². The standard InChI is InChI=1S/C12H17N5/c1-8-4-6-9(7-5-8)10-14-11(13)16-12(15-10)17(2)3/h4-7,10H,1-3H3,(H3,13,14,15,16). The minimum atomic E-state index is -0.255. The second-order valence-electron chi connectivity index (χ2n) is 4.27. The van der Waals surface area contributed by atoms with Gasteiger partial charge in [0, 0.05) is 14.1 Å². The molecule has 1 atom stereocenters. The molecule has 0 saturated heterocycles. The molecule has 0 aromatic heterocycles. The van der Waals surface area contributed by atoms with E-state index in [0.717, 1.165) is 11.5 Å². The first-order valence-electron chi connectivity index (χ1n) is 5.48. The lowest BCUT2D eigenvalue weighted by atomic mass is 10.1. The van der Waals surface area contributed by atoms with Crippen molar-refractivity contribution in [1.82, 2.24) is 10.2 Å². The molecule has 5 heteroatoms. The summed E-state index contributed by atoms with van der Waals surface area (Å²) in [5.74, 6) is 1.12. The van der Waals surface area contributed by atoms with E-state index in [9.17, 15) is 0 Å². The summed E-state index contributed by atoms with van der Waals surface area (Å²) < 4.78 is 0. The van der Waals surface area contributed by atoms with Gasteiger partial charge in [0.1, 0.15) is 0 Å². The number of nitrogens with two attached hydrogens (primary N) is 1. The molecular formula is C12H17N5. The quantitative estimate of drug-likeness (QED) is 0.752. The number of aryl methyl sites for hydroxylation is 1. The molecular weight excluding hydrogens is 214 g/mol. The third-order valence-electron chi connectivity index (χ3n) is 2.54. The van der Waals surface area contributed by atoms with E-state index in [2.05, 4.69) is 22.2 Å². The SMILES string of the molecule is Cc1ccc(C2N=C(N)NC(N(C)C)=N2)cc1. The van der Waals surface area contributed by atoms with Crippen molar-refractivity contribution < 1.29 is 0 Å². The Bertz CT molecular complexity index is 458. The van der Waals surface area contributed by atoms with Gasteiger partial charge in [-0.05, 0) is 12.5 Å². The fraction of sp³-hybridized carbons (Fsp3) is 0.333. The summed E-state index contributed by atoms with van der Waals surface area (Å²) in [4.78, 5) is 10.7. The molecule has 1 aliphatic heterocycles. The lowest BCUT2D eigenvalue weighted by Crippen LogP contribution is -2.46. The number of guanidine groups is 2. The second kappa shape index (κ2) is 4.45. The highest BCUT2D eigenvalue weighted by atomic mass is 15.4. The van der Waals surface area contributed by atoms with Gasteiger partial charge in [0.2, 0.25) is 5.96 Å². The highest BCUT2D eigenvalue weighted by Gasteiger charge is 2.17. The summed E-state index contributed by atoms with van der Waals surface area (Å²) in [6, 6.07) is 8.15. The minimum Gasteiger partial charge on any atom is -0.370 e. The van der Waals surface area contributed by atoms with Crippen molar-refractivity contribution in [3.05, 3.63) is 35.4 Å². The Hall–Kier alpha value is -2.04. The minimum absolute atomic E-state index is 0.255. The van der Waals surface area contributed by atoms with Crippen LogP contribution in [0.1, 0.15) is 17.3 Å². The zero-order valence-corrected chi connectivity index (χ0v) is 10.3. The molecule has 0 bridgehead atoms. The van der Waals surface area contributed by atoms with Crippen LogP contribution in [0.5, 0.6) is 0 Å². The fourth-order valence-electron chi connectivity index (χ4n) is 1.57. The van der Waals surface area contributed by atoms with Crippen LogP contribution in [0.25, 0.3) is 0 Å². The average Bonchev–Trinajstić information content (AvgIpc) is 2.29. The monoisotopic (exact) mass is 231 g/mol. The molecule has 2 rings (SSSR count). The van der Waals surface area contributed by atoms with Gasteiger partial charge in [0.05, 0.1) is 0 Å². The number of benzene rings is 1. The number of rotatable bonds is 1. The van der Waals surface area contributed by atoms with Crippen molar-refractivity contribution in [2.24, 2.45) is 15.7 Å². The molecule has 0 amide bonds. The molecule has 0 radical (unpaired) electrons. The summed E-state index contributed by atoms with van der Waals surface area (Å²) in [7, 11) is 3.83. The molecule has 90 valence electrons. The van der Waals surface area contributed by atoms with Crippen molar-refractivity contribution in [2.75, 3.05) is 14.1 Å². The molecule has 17 heavy (non-hydrogen) atoms. The van der Waals surface area contributed by atoms with E-state index in [0.29, 0.717) is 5.96 Å². The Balaban J connectivity index is 2.31. The van der Waals surface area contributed by atoms with Crippen molar-refractivity contribution in [2.45, 2.75) is 13.1 Å². The molecule has 1 aliphatic rings. The average molecular weight is 231 g/mol. The first kappa shape index (κ1) is 11.4. The van der Waals surface area contributed by atoms with Crippen molar-refractivity contribution in [1.29, 1.82) is 0 Å². The highest BCUT2D eigenvalue weighted by molar-refractivity contribution is 5.99. The van der Waals surface area contributed by atoms with Crippen LogP contribution >= 0.6 is 0 Å². The Morgan fingerprint density at radius 1 is 1.18 bits per heavy atom. The second-order valence-corrected chi connectivity index (χ2v) is 4.27. The van der Waals surface area contributed by atoms with Crippen LogP contribution < -0.4 is 11.1 Å². The third-order valence-corrected chi connectivity index (χ3v) is 2.54. The van der Waals surface area contributed by atoms with Crippen molar-refractivity contribution in [3.8, 4) is 0 Å². The number of nitrogens with one attached hydrogen (secondary N) is 1. The van der Waals surface area contributed by atoms with Gasteiger partial charge in [0.25, 0.3) is 0 Å². The van der Waals surface area contributed by atoms with E-state index >= 15 is 0 Å². The maximum absolute atomic E-state index is 5.75. The molecule has 1 aromatic carbocycles. The summed E-state index contributed by atoms with van der Waals surface area (Å²) in [6.07, 6.45) is -0.255. The fourth-order valence-corrected chi connectivity index (χ4v) is 1.57. The Morgan fingerprint density at radius 3 is 2.41 bits per heavy atom. The molecule has 0 fully saturated rings. The van der Waals surface area contributed by atoms with E-state index < -0.39 is 0 Å². The summed E-state index contributed by atoms with van der Waals surface area (Å²) in [5, 5.41) is 2.93. The van der Waals surface area contributed by atoms with E-state index in [1.165, 1.54) is 5.56 Å². The molecule has 1 unspecified atom stereocenters. The number of hydrogen-bond acceptors (Lipinski definition) is 5. The Kier molecular flexibility index (Phi) is 2.99. The first-order chi connectivity index (χ1) is 8.06. The first-order valence-corrected chi connectivity index (χ1v) is 5.48. The lowest BCUT2D eigenvalue weighted by molar-refractivity contribution is 0.579. The maximum atomic E-state index is 5.75. The molecule has 0 saturated carbocycles. The van der Waals surface area contributed by atoms with Crippen molar-refractivity contribution in [3.63, 3.8) is 0 Å². The van der Waals surface area contributed by atoms with E-state index in [4.69, 9.17) is 5.73 Å². The van der Waals surface area contributed by atoms with Gasteiger partial charge in [-0.3, -0.25) is 5.32 Å². The topological polar surface area (TPSA) is 66.0 Å². The number of hydrogen-bond donors (Lipinski definition) is 2. The predicted molar refractivity (Wildman–Crippen MR) is 69.8 cm³/mol.